The molecule has 24 heavy (non-hydrogen) atoms. The molecule has 0 aliphatic heterocycles. The smallest absolute Gasteiger partial charge is 0.250 e. The highest BCUT2D eigenvalue weighted by Gasteiger charge is 2.07. The molecule has 0 saturated heterocycles. The summed E-state index contributed by atoms with van der Waals surface area (Å²) >= 11 is 8.90. The average molecular weight is 372 g/mol. The van der Waals surface area contributed by atoms with Crippen molar-refractivity contribution in [1.82, 2.24) is 9.97 Å². The maximum Gasteiger partial charge on any atom is 0.250 e. The number of halogens is 1. The molecule has 4 rings (SSSR count). The van der Waals surface area contributed by atoms with E-state index in [0.29, 0.717) is 10.2 Å². The number of thiazole rings is 2. The van der Waals surface area contributed by atoms with Gasteiger partial charge in [-0.2, -0.15) is 0 Å². The van der Waals surface area contributed by atoms with E-state index in [1.165, 1.54) is 17.4 Å². The van der Waals surface area contributed by atoms with Crippen LogP contribution in [0.3, 0.4) is 0 Å². The largest absolute Gasteiger partial charge is 0.298 e. The molecule has 0 fully saturated rings. The standard InChI is InChI=1S/C17H10ClN3OS2/c18-10-5-6-12-14(9-10)24-17(20-12)21-15(22)7-8-16-19-11-3-1-2-4-13(11)23-16/h1-9H,(H,20,21,22)/b8-7+. The number of hydrogen-bond donors (Lipinski definition) is 1. The zero-order chi connectivity index (χ0) is 16.5. The van der Waals surface area contributed by atoms with E-state index in [-0.39, 0.29) is 5.91 Å². The molecule has 0 atom stereocenters. The van der Waals surface area contributed by atoms with E-state index in [9.17, 15) is 4.79 Å². The van der Waals surface area contributed by atoms with Crippen molar-refractivity contribution >= 4 is 71.8 Å². The van der Waals surface area contributed by atoms with Crippen LogP contribution < -0.4 is 5.32 Å². The van der Waals surface area contributed by atoms with Gasteiger partial charge in [0.25, 0.3) is 0 Å². The van der Waals surface area contributed by atoms with Gasteiger partial charge in [0.1, 0.15) is 5.01 Å². The minimum absolute atomic E-state index is 0.237. The average Bonchev–Trinajstić information content (AvgIpc) is 3.15. The first-order valence-corrected chi connectivity index (χ1v) is 9.09. The Morgan fingerprint density at radius 3 is 2.75 bits per heavy atom. The van der Waals surface area contributed by atoms with Gasteiger partial charge in [-0.3, -0.25) is 10.1 Å². The molecule has 7 heteroatoms. The fraction of sp³-hybridized carbons (Fsp3) is 0. The van der Waals surface area contributed by atoms with Crippen molar-refractivity contribution in [1.29, 1.82) is 0 Å². The number of benzene rings is 2. The summed E-state index contributed by atoms with van der Waals surface area (Å²) in [5.74, 6) is -0.237. The lowest BCUT2D eigenvalue weighted by atomic mass is 10.3. The van der Waals surface area contributed by atoms with Gasteiger partial charge in [0, 0.05) is 11.1 Å². The molecule has 2 aromatic carbocycles. The number of carbonyl (C=O) groups is 1. The van der Waals surface area contributed by atoms with Gasteiger partial charge in [0.05, 0.1) is 20.4 Å². The van der Waals surface area contributed by atoms with Crippen LogP contribution >= 0.6 is 34.3 Å². The van der Waals surface area contributed by atoms with Crippen LogP contribution in [0.15, 0.2) is 48.5 Å². The highest BCUT2D eigenvalue weighted by atomic mass is 35.5. The molecule has 0 saturated carbocycles. The number of amides is 1. The molecule has 0 unspecified atom stereocenters. The van der Waals surface area contributed by atoms with E-state index in [1.807, 2.05) is 36.4 Å². The van der Waals surface area contributed by atoms with Crippen LogP contribution in [0, 0.1) is 0 Å². The Labute approximate surface area is 150 Å². The Hall–Kier alpha value is -2.28. The molecular formula is C17H10ClN3OS2. The third-order valence-corrected chi connectivity index (χ3v) is 5.44. The number of nitrogens with one attached hydrogen (secondary N) is 1. The fourth-order valence-electron chi connectivity index (χ4n) is 2.21. The highest BCUT2D eigenvalue weighted by Crippen LogP contribution is 2.28. The van der Waals surface area contributed by atoms with Crippen LogP contribution in [0.5, 0.6) is 0 Å². The lowest BCUT2D eigenvalue weighted by Gasteiger charge is -1.94. The number of carbonyl (C=O) groups excluding carboxylic acids is 1. The van der Waals surface area contributed by atoms with Crippen LogP contribution in [0.4, 0.5) is 5.13 Å². The van der Waals surface area contributed by atoms with Gasteiger partial charge in [-0.1, -0.05) is 35.1 Å². The molecule has 118 valence electrons. The summed E-state index contributed by atoms with van der Waals surface area (Å²) in [4.78, 5) is 20.9. The molecule has 4 aromatic rings. The molecule has 2 aromatic heterocycles. The van der Waals surface area contributed by atoms with E-state index < -0.39 is 0 Å². The van der Waals surface area contributed by atoms with Crippen LogP contribution in [0.2, 0.25) is 5.02 Å². The summed E-state index contributed by atoms with van der Waals surface area (Å²) < 4.78 is 2.04. The van der Waals surface area contributed by atoms with Crippen molar-refractivity contribution in [2.75, 3.05) is 5.32 Å². The molecule has 4 nitrogen and oxygen atoms in total. The molecule has 0 aliphatic carbocycles. The molecule has 0 spiro atoms. The van der Waals surface area contributed by atoms with Crippen molar-refractivity contribution in [2.24, 2.45) is 0 Å². The van der Waals surface area contributed by atoms with E-state index in [2.05, 4.69) is 15.3 Å². The van der Waals surface area contributed by atoms with Gasteiger partial charge in [0.2, 0.25) is 5.91 Å². The predicted octanol–water partition coefficient (Wildman–Crippen LogP) is 5.21. The zero-order valence-electron chi connectivity index (χ0n) is 12.2. The maximum absolute atomic E-state index is 12.1. The lowest BCUT2D eigenvalue weighted by Crippen LogP contribution is -2.07. The summed E-state index contributed by atoms with van der Waals surface area (Å²) in [6.45, 7) is 0. The van der Waals surface area contributed by atoms with Crippen molar-refractivity contribution in [3.63, 3.8) is 0 Å². The Morgan fingerprint density at radius 1 is 1.04 bits per heavy atom. The zero-order valence-corrected chi connectivity index (χ0v) is 14.6. The lowest BCUT2D eigenvalue weighted by molar-refractivity contribution is -0.111. The number of nitrogens with zero attached hydrogens (tertiary/aromatic N) is 2. The number of fused-ring (bicyclic) bond motifs is 2. The summed E-state index contributed by atoms with van der Waals surface area (Å²) in [5.41, 5.74) is 1.75. The number of para-hydroxylation sites is 1. The third kappa shape index (κ3) is 3.17. The van der Waals surface area contributed by atoms with Gasteiger partial charge in [-0.05, 0) is 36.4 Å². The van der Waals surface area contributed by atoms with Crippen molar-refractivity contribution in [3.05, 3.63) is 58.6 Å². The molecule has 0 aliphatic rings. The molecule has 0 radical (unpaired) electrons. The number of anilines is 1. The number of rotatable bonds is 3. The maximum atomic E-state index is 12.1. The normalized spacial score (nSPS) is 11.5. The van der Waals surface area contributed by atoms with E-state index in [1.54, 1.807) is 23.5 Å². The van der Waals surface area contributed by atoms with Gasteiger partial charge in [0.15, 0.2) is 5.13 Å². The topological polar surface area (TPSA) is 54.9 Å². The molecular weight excluding hydrogens is 362 g/mol. The summed E-state index contributed by atoms with van der Waals surface area (Å²) in [6, 6.07) is 13.3. The summed E-state index contributed by atoms with van der Waals surface area (Å²) in [7, 11) is 0. The SMILES string of the molecule is O=C(/C=C/c1nc2ccccc2s1)Nc1nc2ccc(Cl)cc2s1. The highest BCUT2D eigenvalue weighted by molar-refractivity contribution is 7.22. The van der Waals surface area contributed by atoms with Crippen molar-refractivity contribution in [3.8, 4) is 0 Å². The second-order valence-corrected chi connectivity index (χ2v) is 7.50. The molecule has 0 bridgehead atoms. The Kier molecular flexibility index (Phi) is 4.02. The predicted molar refractivity (Wildman–Crippen MR) is 102 cm³/mol. The Bertz CT molecular complexity index is 1050. The monoisotopic (exact) mass is 371 g/mol. The number of aromatic nitrogens is 2. The van der Waals surface area contributed by atoms with Crippen molar-refractivity contribution < 1.29 is 4.79 Å². The van der Waals surface area contributed by atoms with Crippen LogP contribution in [0.25, 0.3) is 26.5 Å². The van der Waals surface area contributed by atoms with Crippen molar-refractivity contribution in [2.45, 2.75) is 0 Å². The van der Waals surface area contributed by atoms with E-state index in [0.717, 1.165) is 25.4 Å². The van der Waals surface area contributed by atoms with E-state index in [4.69, 9.17) is 11.6 Å². The minimum Gasteiger partial charge on any atom is -0.298 e. The van der Waals surface area contributed by atoms with Gasteiger partial charge >= 0.3 is 0 Å². The summed E-state index contributed by atoms with van der Waals surface area (Å²) in [5, 5.41) is 4.76. The molecule has 2 heterocycles. The van der Waals surface area contributed by atoms with Gasteiger partial charge in [-0.25, -0.2) is 9.97 Å². The van der Waals surface area contributed by atoms with Crippen LogP contribution in [-0.4, -0.2) is 15.9 Å². The first-order valence-electron chi connectivity index (χ1n) is 7.08. The number of hydrogen-bond acceptors (Lipinski definition) is 5. The third-order valence-electron chi connectivity index (χ3n) is 3.27. The second-order valence-electron chi connectivity index (χ2n) is 4.97. The molecule has 1 N–H and O–H groups in total. The molecule has 1 amide bonds. The van der Waals surface area contributed by atoms with E-state index >= 15 is 0 Å². The summed E-state index contributed by atoms with van der Waals surface area (Å²) in [6.07, 6.45) is 3.18. The minimum atomic E-state index is -0.237. The van der Waals surface area contributed by atoms with Gasteiger partial charge in [-0.15, -0.1) is 11.3 Å². The quantitative estimate of drug-likeness (QED) is 0.503. The first-order chi connectivity index (χ1) is 11.7. The fourth-order valence-corrected chi connectivity index (χ4v) is 4.22. The van der Waals surface area contributed by atoms with Gasteiger partial charge < -0.3 is 0 Å². The first kappa shape index (κ1) is 15.3. The Balaban J connectivity index is 1.50. The second kappa shape index (κ2) is 6.32. The van der Waals surface area contributed by atoms with Crippen LogP contribution in [-0.2, 0) is 4.79 Å². The van der Waals surface area contributed by atoms with Crippen LogP contribution in [0.1, 0.15) is 5.01 Å². The Morgan fingerprint density at radius 2 is 1.88 bits per heavy atom.